The van der Waals surface area contributed by atoms with E-state index in [1.807, 2.05) is 54.6 Å². The molecule has 0 aliphatic rings. The SMILES string of the molecule is CC(C)(C)[Si](C)(C)OC[C@@H](/C=C/C(=O)c1ccccc1)NC(c1ccccc1)(c1ccccc1)c1ccccc1. The topological polar surface area (TPSA) is 38.3 Å². The van der Waals surface area contributed by atoms with Crippen molar-refractivity contribution in [3.05, 3.63) is 156 Å². The zero-order valence-corrected chi connectivity index (χ0v) is 25.3. The van der Waals surface area contributed by atoms with Gasteiger partial charge in [0.05, 0.1) is 12.1 Å². The van der Waals surface area contributed by atoms with E-state index in [1.165, 1.54) is 0 Å². The molecule has 0 saturated carbocycles. The molecule has 0 amide bonds. The molecule has 0 spiro atoms. The van der Waals surface area contributed by atoms with E-state index >= 15 is 0 Å². The zero-order chi connectivity index (χ0) is 28.6. The van der Waals surface area contributed by atoms with Gasteiger partial charge in [-0.15, -0.1) is 0 Å². The summed E-state index contributed by atoms with van der Waals surface area (Å²) in [6.07, 6.45) is 3.67. The van der Waals surface area contributed by atoms with Gasteiger partial charge in [0.2, 0.25) is 0 Å². The normalized spacial score (nSPS) is 13.3. The first-order chi connectivity index (χ1) is 19.1. The standard InChI is InChI=1S/C36H41NO2Si/c1-35(2,3)40(4,5)39-28-33(26-27-34(38)29-18-10-6-11-19-29)37-36(30-20-12-7-13-21-30,31-22-14-8-15-23-31)32-24-16-9-17-25-32/h6-27,33,37H,28H2,1-5H3/b27-26+/t33-/m1/s1. The van der Waals surface area contributed by atoms with Gasteiger partial charge in [-0.3, -0.25) is 10.1 Å². The average Bonchev–Trinajstić information content (AvgIpc) is 2.98. The Hall–Kier alpha value is -3.57. The lowest BCUT2D eigenvalue weighted by Crippen LogP contribution is -2.52. The van der Waals surface area contributed by atoms with Crippen LogP contribution in [0.2, 0.25) is 18.1 Å². The van der Waals surface area contributed by atoms with Crippen LogP contribution in [0.4, 0.5) is 0 Å². The molecular weight excluding hydrogens is 506 g/mol. The minimum atomic E-state index is -2.06. The van der Waals surface area contributed by atoms with Gasteiger partial charge >= 0.3 is 0 Å². The summed E-state index contributed by atoms with van der Waals surface area (Å²) in [4.78, 5) is 13.1. The molecule has 4 rings (SSSR count). The fraction of sp³-hybridized carbons (Fsp3) is 0.250. The highest BCUT2D eigenvalue weighted by molar-refractivity contribution is 6.74. The van der Waals surface area contributed by atoms with Crippen LogP contribution in [-0.2, 0) is 9.96 Å². The first-order valence-corrected chi connectivity index (χ1v) is 16.9. The predicted octanol–water partition coefficient (Wildman–Crippen LogP) is 8.40. The van der Waals surface area contributed by atoms with E-state index in [4.69, 9.17) is 4.43 Å². The van der Waals surface area contributed by atoms with Crippen molar-refractivity contribution in [3.8, 4) is 0 Å². The molecule has 4 heteroatoms. The van der Waals surface area contributed by atoms with Crippen LogP contribution in [0.5, 0.6) is 0 Å². The quantitative estimate of drug-likeness (QED) is 0.0887. The Morgan fingerprint density at radius 3 is 1.52 bits per heavy atom. The number of rotatable bonds is 11. The molecule has 1 atom stereocenters. The van der Waals surface area contributed by atoms with E-state index in [0.29, 0.717) is 12.2 Å². The van der Waals surface area contributed by atoms with Crippen molar-refractivity contribution in [1.29, 1.82) is 0 Å². The van der Waals surface area contributed by atoms with Gasteiger partial charge in [0.1, 0.15) is 0 Å². The summed E-state index contributed by atoms with van der Waals surface area (Å²) in [6, 6.07) is 40.7. The highest BCUT2D eigenvalue weighted by Crippen LogP contribution is 2.39. The number of hydrogen-bond acceptors (Lipinski definition) is 3. The van der Waals surface area contributed by atoms with Crippen molar-refractivity contribution < 1.29 is 9.22 Å². The lowest BCUT2D eigenvalue weighted by atomic mass is 9.76. The predicted molar refractivity (Wildman–Crippen MR) is 169 cm³/mol. The summed E-state index contributed by atoms with van der Waals surface area (Å²) in [5.41, 5.74) is 3.35. The molecule has 0 fully saturated rings. The van der Waals surface area contributed by atoms with Gasteiger partial charge < -0.3 is 4.43 Å². The maximum Gasteiger partial charge on any atom is 0.192 e. The number of nitrogens with one attached hydrogen (secondary N) is 1. The third kappa shape index (κ3) is 6.76. The Labute approximate surface area is 241 Å². The minimum absolute atomic E-state index is 0.0236. The first-order valence-electron chi connectivity index (χ1n) is 14.0. The number of carbonyl (C=O) groups is 1. The van der Waals surface area contributed by atoms with Crippen molar-refractivity contribution in [3.63, 3.8) is 0 Å². The van der Waals surface area contributed by atoms with Gasteiger partial charge in [-0.2, -0.15) is 0 Å². The summed E-state index contributed by atoms with van der Waals surface area (Å²) in [5, 5.41) is 4.07. The number of ketones is 1. The number of hydrogen-bond donors (Lipinski definition) is 1. The van der Waals surface area contributed by atoms with Crippen LogP contribution in [0.3, 0.4) is 0 Å². The maximum absolute atomic E-state index is 13.1. The van der Waals surface area contributed by atoms with Gasteiger partial charge in [-0.25, -0.2) is 0 Å². The van der Waals surface area contributed by atoms with E-state index < -0.39 is 13.9 Å². The highest BCUT2D eigenvalue weighted by atomic mass is 28.4. The second-order valence-corrected chi connectivity index (χ2v) is 16.6. The Morgan fingerprint density at radius 1 is 0.725 bits per heavy atom. The Bertz CT molecular complexity index is 1280. The number of carbonyl (C=O) groups excluding carboxylic acids is 1. The van der Waals surface area contributed by atoms with Gasteiger partial charge in [0.25, 0.3) is 0 Å². The Balaban J connectivity index is 1.83. The van der Waals surface area contributed by atoms with E-state index in [2.05, 4.69) is 112 Å². The fourth-order valence-corrected chi connectivity index (χ4v) is 5.68. The molecule has 3 nitrogen and oxygen atoms in total. The molecule has 4 aromatic rings. The second-order valence-electron chi connectivity index (χ2n) is 11.8. The summed E-state index contributed by atoms with van der Waals surface area (Å²) in [7, 11) is -2.06. The molecule has 0 aliphatic carbocycles. The van der Waals surface area contributed by atoms with Gasteiger partial charge in [-0.05, 0) is 40.9 Å². The van der Waals surface area contributed by atoms with Crippen LogP contribution >= 0.6 is 0 Å². The number of benzene rings is 4. The Morgan fingerprint density at radius 2 is 1.12 bits per heavy atom. The van der Waals surface area contributed by atoms with E-state index in [9.17, 15) is 4.79 Å². The molecule has 40 heavy (non-hydrogen) atoms. The smallest absolute Gasteiger partial charge is 0.192 e. The van der Waals surface area contributed by atoms with Crippen LogP contribution in [-0.4, -0.2) is 26.7 Å². The lowest BCUT2D eigenvalue weighted by Gasteiger charge is -2.41. The van der Waals surface area contributed by atoms with Gasteiger partial charge in [0, 0.05) is 11.6 Å². The first kappa shape index (κ1) is 29.4. The van der Waals surface area contributed by atoms with E-state index in [0.717, 1.165) is 16.7 Å². The van der Waals surface area contributed by atoms with Gasteiger partial charge in [0.15, 0.2) is 14.1 Å². The van der Waals surface area contributed by atoms with Crippen molar-refractivity contribution >= 4 is 14.1 Å². The minimum Gasteiger partial charge on any atom is -0.415 e. The molecule has 0 unspecified atom stereocenters. The fourth-order valence-electron chi connectivity index (χ4n) is 4.65. The van der Waals surface area contributed by atoms with Crippen molar-refractivity contribution in [1.82, 2.24) is 5.32 Å². The molecular formula is C36H41NO2Si. The van der Waals surface area contributed by atoms with Crippen LogP contribution < -0.4 is 5.32 Å². The summed E-state index contributed by atoms with van der Waals surface area (Å²) >= 11 is 0. The Kier molecular flexibility index (Phi) is 9.36. The second kappa shape index (κ2) is 12.7. The number of allylic oxidation sites excluding steroid dienone is 1. The summed E-state index contributed by atoms with van der Waals surface area (Å²) in [5.74, 6) is -0.0236. The van der Waals surface area contributed by atoms with E-state index in [1.54, 1.807) is 6.08 Å². The van der Waals surface area contributed by atoms with Gasteiger partial charge in [-0.1, -0.05) is 148 Å². The van der Waals surface area contributed by atoms with Crippen LogP contribution in [0.15, 0.2) is 133 Å². The van der Waals surface area contributed by atoms with Crippen molar-refractivity contribution in [2.24, 2.45) is 0 Å². The highest BCUT2D eigenvalue weighted by Gasteiger charge is 2.40. The monoisotopic (exact) mass is 547 g/mol. The van der Waals surface area contributed by atoms with Crippen LogP contribution in [0, 0.1) is 0 Å². The molecule has 0 aliphatic heterocycles. The molecule has 0 aromatic heterocycles. The third-order valence-corrected chi connectivity index (χ3v) is 12.5. The van der Waals surface area contributed by atoms with Crippen molar-refractivity contribution in [2.75, 3.05) is 6.61 Å². The molecule has 4 aromatic carbocycles. The van der Waals surface area contributed by atoms with E-state index in [-0.39, 0.29) is 16.9 Å². The van der Waals surface area contributed by atoms with Crippen LogP contribution in [0.25, 0.3) is 0 Å². The zero-order valence-electron chi connectivity index (χ0n) is 24.3. The third-order valence-electron chi connectivity index (χ3n) is 7.99. The lowest BCUT2D eigenvalue weighted by molar-refractivity contribution is 0.104. The summed E-state index contributed by atoms with van der Waals surface area (Å²) < 4.78 is 6.76. The van der Waals surface area contributed by atoms with Crippen molar-refractivity contribution in [2.45, 2.75) is 50.5 Å². The molecule has 0 heterocycles. The maximum atomic E-state index is 13.1. The van der Waals surface area contributed by atoms with Crippen LogP contribution in [0.1, 0.15) is 47.8 Å². The molecule has 0 saturated heterocycles. The average molecular weight is 548 g/mol. The molecule has 206 valence electrons. The molecule has 1 N–H and O–H groups in total. The summed E-state index contributed by atoms with van der Waals surface area (Å²) in [6.45, 7) is 11.7. The molecule has 0 bridgehead atoms. The molecule has 0 radical (unpaired) electrons. The largest absolute Gasteiger partial charge is 0.415 e.